The topological polar surface area (TPSA) is 54.4 Å². The predicted molar refractivity (Wildman–Crippen MR) is 85.2 cm³/mol. The van der Waals surface area contributed by atoms with Gasteiger partial charge in [0.1, 0.15) is 0 Å². The molecule has 5 heteroatoms. The van der Waals surface area contributed by atoms with Crippen molar-refractivity contribution in [3.8, 4) is 0 Å². The van der Waals surface area contributed by atoms with Crippen molar-refractivity contribution < 1.29 is 13.5 Å². The largest absolute Gasteiger partial charge is 0.396 e. The average Bonchev–Trinajstić information content (AvgIpc) is 2.74. The third-order valence-electron chi connectivity index (χ3n) is 4.04. The molecule has 0 aromatic heterocycles. The lowest BCUT2D eigenvalue weighted by Gasteiger charge is -2.23. The van der Waals surface area contributed by atoms with Crippen molar-refractivity contribution in [1.29, 1.82) is 0 Å². The molecule has 3 rings (SSSR count). The standard InChI is InChI=1S/C16H15BrO3S/c17-15-7-3-1-5-11(15)13(9-18)14-10-21(19,20)16-8-4-2-6-12(14)16/h1-8,13-14,18H,9-10H2. The van der Waals surface area contributed by atoms with Crippen LogP contribution in [0.2, 0.25) is 0 Å². The van der Waals surface area contributed by atoms with E-state index in [4.69, 9.17) is 0 Å². The van der Waals surface area contributed by atoms with Gasteiger partial charge in [0.05, 0.1) is 17.3 Å². The molecule has 0 saturated heterocycles. The fraction of sp³-hybridized carbons (Fsp3) is 0.250. The number of benzene rings is 2. The number of aliphatic hydroxyl groups excluding tert-OH is 1. The van der Waals surface area contributed by atoms with Crippen molar-refractivity contribution in [3.63, 3.8) is 0 Å². The fourth-order valence-corrected chi connectivity index (χ4v) is 5.54. The van der Waals surface area contributed by atoms with Crippen LogP contribution in [0.3, 0.4) is 0 Å². The van der Waals surface area contributed by atoms with E-state index in [2.05, 4.69) is 15.9 Å². The Morgan fingerprint density at radius 2 is 1.81 bits per heavy atom. The molecular weight excluding hydrogens is 352 g/mol. The Kier molecular flexibility index (Phi) is 3.90. The highest BCUT2D eigenvalue weighted by Gasteiger charge is 2.39. The number of sulfone groups is 1. The van der Waals surface area contributed by atoms with Gasteiger partial charge in [0.2, 0.25) is 0 Å². The molecule has 0 spiro atoms. The lowest BCUT2D eigenvalue weighted by Crippen LogP contribution is -2.17. The van der Waals surface area contributed by atoms with Gasteiger partial charge in [0, 0.05) is 16.3 Å². The molecule has 2 atom stereocenters. The zero-order valence-corrected chi connectivity index (χ0v) is 13.6. The molecule has 2 unspecified atom stereocenters. The second-order valence-corrected chi connectivity index (χ2v) is 8.09. The Bertz CT molecular complexity index is 771. The van der Waals surface area contributed by atoms with E-state index in [-0.39, 0.29) is 24.2 Å². The number of hydrogen-bond donors (Lipinski definition) is 1. The normalized spacial score (nSPS) is 21.0. The lowest BCUT2D eigenvalue weighted by molar-refractivity contribution is 0.252. The fourth-order valence-electron chi connectivity index (χ4n) is 3.04. The van der Waals surface area contributed by atoms with Crippen molar-refractivity contribution in [3.05, 3.63) is 64.1 Å². The molecular formula is C16H15BrO3S. The third-order valence-corrected chi connectivity index (χ3v) is 6.60. The van der Waals surface area contributed by atoms with Crippen LogP contribution in [-0.4, -0.2) is 25.9 Å². The summed E-state index contributed by atoms with van der Waals surface area (Å²) in [6, 6.07) is 14.7. The number of aliphatic hydroxyl groups is 1. The summed E-state index contributed by atoms with van der Waals surface area (Å²) in [4.78, 5) is 0.403. The zero-order chi connectivity index (χ0) is 15.0. The Hall–Kier alpha value is -1.17. The number of rotatable bonds is 3. The lowest BCUT2D eigenvalue weighted by atomic mass is 9.83. The van der Waals surface area contributed by atoms with Gasteiger partial charge in [-0.15, -0.1) is 0 Å². The maximum Gasteiger partial charge on any atom is 0.179 e. The van der Waals surface area contributed by atoms with Crippen LogP contribution in [0.1, 0.15) is 23.0 Å². The molecule has 21 heavy (non-hydrogen) atoms. The average molecular weight is 367 g/mol. The summed E-state index contributed by atoms with van der Waals surface area (Å²) in [7, 11) is -3.26. The van der Waals surface area contributed by atoms with Gasteiger partial charge >= 0.3 is 0 Å². The Morgan fingerprint density at radius 1 is 1.14 bits per heavy atom. The predicted octanol–water partition coefficient (Wildman–Crippen LogP) is 3.10. The Morgan fingerprint density at radius 3 is 2.52 bits per heavy atom. The van der Waals surface area contributed by atoms with Gasteiger partial charge in [-0.3, -0.25) is 0 Å². The molecule has 1 aliphatic heterocycles. The maximum atomic E-state index is 12.3. The SMILES string of the molecule is O=S1(=O)CC(C(CO)c2ccccc2Br)c2ccccc21. The first-order chi connectivity index (χ1) is 10.0. The number of halogens is 1. The van der Waals surface area contributed by atoms with Crippen molar-refractivity contribution in [2.45, 2.75) is 16.7 Å². The second kappa shape index (κ2) is 5.55. The molecule has 0 amide bonds. The summed E-state index contributed by atoms with van der Waals surface area (Å²) in [5.41, 5.74) is 1.75. The summed E-state index contributed by atoms with van der Waals surface area (Å²) in [6.45, 7) is -0.0862. The Labute approximate surface area is 132 Å². The minimum atomic E-state index is -3.26. The monoisotopic (exact) mass is 366 g/mol. The summed E-state index contributed by atoms with van der Waals surface area (Å²) >= 11 is 3.49. The first-order valence-electron chi connectivity index (χ1n) is 6.71. The summed E-state index contributed by atoms with van der Waals surface area (Å²) in [5, 5.41) is 9.84. The first kappa shape index (κ1) is 14.8. The quantitative estimate of drug-likeness (QED) is 0.907. The minimum absolute atomic E-state index is 0.0545. The van der Waals surface area contributed by atoms with Crippen LogP contribution < -0.4 is 0 Å². The van der Waals surface area contributed by atoms with Gasteiger partial charge in [-0.2, -0.15) is 0 Å². The summed E-state index contributed by atoms with van der Waals surface area (Å²) in [5.74, 6) is -0.396. The minimum Gasteiger partial charge on any atom is -0.396 e. The zero-order valence-electron chi connectivity index (χ0n) is 11.2. The van der Waals surface area contributed by atoms with Crippen LogP contribution >= 0.6 is 15.9 Å². The van der Waals surface area contributed by atoms with Crippen molar-refractivity contribution in [2.24, 2.45) is 0 Å². The van der Waals surface area contributed by atoms with E-state index in [0.29, 0.717) is 4.90 Å². The van der Waals surface area contributed by atoms with Gasteiger partial charge in [-0.25, -0.2) is 8.42 Å². The van der Waals surface area contributed by atoms with Gasteiger partial charge in [0.25, 0.3) is 0 Å². The van der Waals surface area contributed by atoms with E-state index in [1.807, 2.05) is 36.4 Å². The highest BCUT2D eigenvalue weighted by Crippen LogP contribution is 2.44. The molecule has 1 aliphatic rings. The molecule has 0 aliphatic carbocycles. The molecule has 1 heterocycles. The number of hydrogen-bond acceptors (Lipinski definition) is 3. The Balaban J connectivity index is 2.10. The van der Waals surface area contributed by atoms with Crippen LogP contribution in [0, 0.1) is 0 Å². The molecule has 1 N–H and O–H groups in total. The molecule has 3 nitrogen and oxygen atoms in total. The smallest absolute Gasteiger partial charge is 0.179 e. The second-order valence-electron chi connectivity index (χ2n) is 5.24. The van der Waals surface area contributed by atoms with Crippen LogP contribution in [0.15, 0.2) is 57.9 Å². The van der Waals surface area contributed by atoms with E-state index >= 15 is 0 Å². The van der Waals surface area contributed by atoms with E-state index in [1.165, 1.54) is 0 Å². The summed E-state index contributed by atoms with van der Waals surface area (Å²) in [6.07, 6.45) is 0. The maximum absolute atomic E-state index is 12.3. The number of fused-ring (bicyclic) bond motifs is 1. The van der Waals surface area contributed by atoms with E-state index in [9.17, 15) is 13.5 Å². The van der Waals surface area contributed by atoms with Gasteiger partial charge in [0.15, 0.2) is 9.84 Å². The van der Waals surface area contributed by atoms with Crippen LogP contribution in [0.25, 0.3) is 0 Å². The molecule has 110 valence electrons. The van der Waals surface area contributed by atoms with E-state index in [1.54, 1.807) is 12.1 Å². The highest BCUT2D eigenvalue weighted by atomic mass is 79.9. The molecule has 2 aromatic carbocycles. The molecule has 2 aromatic rings. The molecule has 0 bridgehead atoms. The van der Waals surface area contributed by atoms with Crippen LogP contribution in [0.4, 0.5) is 0 Å². The highest BCUT2D eigenvalue weighted by molar-refractivity contribution is 9.10. The van der Waals surface area contributed by atoms with E-state index in [0.717, 1.165) is 15.6 Å². The van der Waals surface area contributed by atoms with Crippen molar-refractivity contribution in [1.82, 2.24) is 0 Å². The molecule has 0 radical (unpaired) electrons. The van der Waals surface area contributed by atoms with E-state index < -0.39 is 9.84 Å². The van der Waals surface area contributed by atoms with Crippen LogP contribution in [-0.2, 0) is 9.84 Å². The molecule has 0 fully saturated rings. The summed E-state index contributed by atoms with van der Waals surface area (Å²) < 4.78 is 25.5. The van der Waals surface area contributed by atoms with Gasteiger partial charge < -0.3 is 5.11 Å². The third kappa shape index (κ3) is 2.54. The molecule has 0 saturated carbocycles. The van der Waals surface area contributed by atoms with Crippen LogP contribution in [0.5, 0.6) is 0 Å². The van der Waals surface area contributed by atoms with Crippen molar-refractivity contribution in [2.75, 3.05) is 12.4 Å². The van der Waals surface area contributed by atoms with Crippen molar-refractivity contribution >= 4 is 25.8 Å². The van der Waals surface area contributed by atoms with Gasteiger partial charge in [-0.1, -0.05) is 52.3 Å². The van der Waals surface area contributed by atoms with Gasteiger partial charge in [-0.05, 0) is 23.3 Å². The first-order valence-corrected chi connectivity index (χ1v) is 9.16.